The lowest BCUT2D eigenvalue weighted by atomic mass is 10.1. The number of hydrogen-bond donors (Lipinski definition) is 3. The average molecular weight is 403 g/mol. The van der Waals surface area contributed by atoms with E-state index in [1.807, 2.05) is 30.3 Å². The summed E-state index contributed by atoms with van der Waals surface area (Å²) in [5, 5.41) is 6.55. The van der Waals surface area contributed by atoms with E-state index in [0.29, 0.717) is 5.56 Å². The zero-order valence-corrected chi connectivity index (χ0v) is 15.8. The van der Waals surface area contributed by atoms with Gasteiger partial charge in [-0.15, -0.1) is 0 Å². The number of carbonyl (C=O) groups is 3. The minimum Gasteiger partial charge on any atom is -0.482 e. The molecule has 1 atom stereocenters. The van der Waals surface area contributed by atoms with E-state index in [2.05, 4.69) is 15.8 Å². The van der Waals surface area contributed by atoms with Gasteiger partial charge in [0.2, 0.25) is 0 Å². The van der Waals surface area contributed by atoms with Crippen LogP contribution in [0, 0.1) is 0 Å². The van der Waals surface area contributed by atoms with Gasteiger partial charge in [-0.3, -0.25) is 14.4 Å². The molecule has 0 unspecified atom stereocenters. The van der Waals surface area contributed by atoms with Gasteiger partial charge >= 0.3 is 11.8 Å². The summed E-state index contributed by atoms with van der Waals surface area (Å²) in [5.74, 6) is -2.03. The van der Waals surface area contributed by atoms with E-state index in [4.69, 9.17) is 22.1 Å². The molecule has 2 rings (SSSR count). The Bertz CT molecular complexity index is 887. The quantitative estimate of drug-likeness (QED) is 0.369. The summed E-state index contributed by atoms with van der Waals surface area (Å²) in [7, 11) is 0. The Hall–Kier alpha value is -3.39. The third kappa shape index (κ3) is 6.40. The number of hydrogen-bond acceptors (Lipinski definition) is 5. The van der Waals surface area contributed by atoms with Crippen LogP contribution in [0.5, 0.6) is 5.75 Å². The number of halogens is 1. The van der Waals surface area contributed by atoms with Gasteiger partial charge in [0.15, 0.2) is 6.61 Å². The van der Waals surface area contributed by atoms with Crippen molar-refractivity contribution in [3.63, 3.8) is 0 Å². The molecule has 146 valence electrons. The molecule has 0 spiro atoms. The van der Waals surface area contributed by atoms with E-state index in [-0.39, 0.29) is 23.4 Å². The van der Waals surface area contributed by atoms with Gasteiger partial charge in [-0.05, 0) is 36.2 Å². The minimum absolute atomic E-state index is 0.242. The van der Waals surface area contributed by atoms with Crippen molar-refractivity contribution < 1.29 is 19.1 Å². The lowest BCUT2D eigenvalue weighted by Gasteiger charge is -2.13. The summed E-state index contributed by atoms with van der Waals surface area (Å²) < 4.78 is 5.13. The Balaban J connectivity index is 1.87. The number of amides is 3. The Morgan fingerprint density at radius 3 is 2.54 bits per heavy atom. The molecule has 0 aromatic heterocycles. The molecule has 4 N–H and O–H groups in total. The van der Waals surface area contributed by atoms with Crippen LogP contribution in [-0.2, 0) is 14.4 Å². The molecule has 3 amide bonds. The first-order valence-corrected chi connectivity index (χ1v) is 8.64. The van der Waals surface area contributed by atoms with Gasteiger partial charge in [0.25, 0.3) is 5.91 Å². The first-order chi connectivity index (χ1) is 13.4. The summed E-state index contributed by atoms with van der Waals surface area (Å²) in [5.41, 5.74) is 8.57. The highest BCUT2D eigenvalue weighted by atomic mass is 35.5. The third-order valence-corrected chi connectivity index (χ3v) is 3.85. The Morgan fingerprint density at radius 1 is 1.18 bits per heavy atom. The molecule has 0 radical (unpaired) electrons. The number of rotatable bonds is 7. The Labute approximate surface area is 166 Å². The van der Waals surface area contributed by atoms with Crippen molar-refractivity contribution in [3.05, 3.63) is 64.7 Å². The van der Waals surface area contributed by atoms with E-state index < -0.39 is 17.7 Å². The molecule has 9 heteroatoms. The summed E-state index contributed by atoms with van der Waals surface area (Å²) in [6, 6.07) is 13.6. The Kier molecular flexibility index (Phi) is 7.53. The second-order valence-electron chi connectivity index (χ2n) is 5.75. The van der Waals surface area contributed by atoms with Crippen molar-refractivity contribution >= 4 is 35.5 Å². The third-order valence-electron chi connectivity index (χ3n) is 3.56. The summed E-state index contributed by atoms with van der Waals surface area (Å²) >= 11 is 6.03. The predicted molar refractivity (Wildman–Crippen MR) is 105 cm³/mol. The number of nitrogens with one attached hydrogen (secondary N) is 2. The molecule has 0 bridgehead atoms. The zero-order chi connectivity index (χ0) is 20.5. The predicted octanol–water partition coefficient (Wildman–Crippen LogP) is 1.53. The number of ether oxygens (including phenoxy) is 1. The van der Waals surface area contributed by atoms with Crippen molar-refractivity contribution in [2.75, 3.05) is 6.61 Å². The maximum atomic E-state index is 11.9. The lowest BCUT2D eigenvalue weighted by molar-refractivity contribution is -0.139. The lowest BCUT2D eigenvalue weighted by Crippen LogP contribution is -2.39. The molecule has 0 fully saturated rings. The molecule has 8 nitrogen and oxygen atoms in total. The molecular formula is C19H19ClN4O4. The van der Waals surface area contributed by atoms with E-state index in [1.54, 1.807) is 13.0 Å². The molecule has 0 aliphatic rings. The van der Waals surface area contributed by atoms with Crippen molar-refractivity contribution in [3.8, 4) is 5.75 Å². The maximum absolute atomic E-state index is 11.9. The largest absolute Gasteiger partial charge is 0.482 e. The van der Waals surface area contributed by atoms with Crippen LogP contribution >= 0.6 is 11.6 Å². The van der Waals surface area contributed by atoms with Gasteiger partial charge in [-0.1, -0.05) is 41.9 Å². The van der Waals surface area contributed by atoms with E-state index >= 15 is 0 Å². The van der Waals surface area contributed by atoms with Crippen molar-refractivity contribution in [2.24, 2.45) is 10.8 Å². The smallest absolute Gasteiger partial charge is 0.329 e. The number of nitrogens with two attached hydrogens (primary N) is 1. The molecular weight excluding hydrogens is 384 g/mol. The van der Waals surface area contributed by atoms with Gasteiger partial charge in [-0.2, -0.15) is 5.10 Å². The van der Waals surface area contributed by atoms with Gasteiger partial charge < -0.3 is 15.8 Å². The molecule has 0 heterocycles. The van der Waals surface area contributed by atoms with Gasteiger partial charge in [0.1, 0.15) is 5.75 Å². The number of hydrazone groups is 1. The first-order valence-electron chi connectivity index (χ1n) is 8.26. The monoisotopic (exact) mass is 402 g/mol. The number of carbonyl (C=O) groups excluding carboxylic acids is 3. The normalized spacial score (nSPS) is 11.6. The fourth-order valence-electron chi connectivity index (χ4n) is 2.17. The Morgan fingerprint density at radius 2 is 1.89 bits per heavy atom. The van der Waals surface area contributed by atoms with Crippen molar-refractivity contribution in [1.29, 1.82) is 0 Å². The van der Waals surface area contributed by atoms with Crippen LogP contribution in [0.3, 0.4) is 0 Å². The zero-order valence-electron chi connectivity index (χ0n) is 15.0. The van der Waals surface area contributed by atoms with Crippen LogP contribution in [0.15, 0.2) is 53.6 Å². The first kappa shape index (κ1) is 20.9. The maximum Gasteiger partial charge on any atom is 0.329 e. The number of benzene rings is 2. The van der Waals surface area contributed by atoms with Crippen molar-refractivity contribution in [1.82, 2.24) is 10.7 Å². The van der Waals surface area contributed by atoms with Gasteiger partial charge in [-0.25, -0.2) is 5.43 Å². The van der Waals surface area contributed by atoms with Crippen LogP contribution in [0.2, 0.25) is 5.02 Å². The number of nitrogens with zero attached hydrogens (tertiary/aromatic N) is 1. The molecule has 0 aliphatic carbocycles. The minimum atomic E-state index is -0.897. The second kappa shape index (κ2) is 10.1. The van der Waals surface area contributed by atoms with Crippen LogP contribution in [0.25, 0.3) is 0 Å². The van der Waals surface area contributed by atoms with Crippen LogP contribution in [-0.4, -0.2) is 30.5 Å². The van der Waals surface area contributed by atoms with Crippen molar-refractivity contribution in [2.45, 2.75) is 13.0 Å². The van der Waals surface area contributed by atoms with Crippen LogP contribution in [0.4, 0.5) is 0 Å². The van der Waals surface area contributed by atoms with E-state index in [1.165, 1.54) is 18.3 Å². The number of primary amides is 1. The summed E-state index contributed by atoms with van der Waals surface area (Å²) in [6.07, 6.45) is 1.32. The van der Waals surface area contributed by atoms with Crippen LogP contribution < -0.4 is 21.2 Å². The molecule has 28 heavy (non-hydrogen) atoms. The summed E-state index contributed by atoms with van der Waals surface area (Å²) in [4.78, 5) is 34.5. The average Bonchev–Trinajstić information content (AvgIpc) is 2.67. The van der Waals surface area contributed by atoms with Crippen LogP contribution in [0.1, 0.15) is 24.1 Å². The molecule has 0 saturated heterocycles. The summed E-state index contributed by atoms with van der Waals surface area (Å²) in [6.45, 7) is 1.48. The fourth-order valence-corrected chi connectivity index (χ4v) is 2.41. The van der Waals surface area contributed by atoms with Gasteiger partial charge in [0, 0.05) is 0 Å². The standard InChI is InChI=1S/C19H19ClN4O4/c1-12(14-5-3-2-4-6-14)23-18(26)19(27)24-22-10-13-7-8-16(15(20)9-13)28-11-17(21)25/h2-10,12H,11H2,1H3,(H2,21,25)(H,23,26)(H,24,27)/b22-10-/t12-/m0/s1. The molecule has 0 saturated carbocycles. The van der Waals surface area contributed by atoms with E-state index in [9.17, 15) is 14.4 Å². The highest BCUT2D eigenvalue weighted by Gasteiger charge is 2.16. The van der Waals surface area contributed by atoms with Gasteiger partial charge in [0.05, 0.1) is 17.3 Å². The fraction of sp³-hybridized carbons (Fsp3) is 0.158. The highest BCUT2D eigenvalue weighted by Crippen LogP contribution is 2.24. The van der Waals surface area contributed by atoms with E-state index in [0.717, 1.165) is 5.56 Å². The topological polar surface area (TPSA) is 123 Å². The molecule has 2 aromatic carbocycles. The second-order valence-corrected chi connectivity index (χ2v) is 6.16. The molecule has 2 aromatic rings. The SMILES string of the molecule is C[C@H](NC(=O)C(=O)N/N=C\c1ccc(OCC(N)=O)c(Cl)c1)c1ccccc1. The highest BCUT2D eigenvalue weighted by molar-refractivity contribution is 6.35. The molecule has 0 aliphatic heterocycles.